The number of hydrogen-bond acceptors (Lipinski definition) is 5. The molecule has 4 rings (SSSR count). The molecular formula is C20H18N4O4. The van der Waals surface area contributed by atoms with Gasteiger partial charge in [0.1, 0.15) is 0 Å². The van der Waals surface area contributed by atoms with Gasteiger partial charge in [-0.3, -0.25) is 14.0 Å². The highest BCUT2D eigenvalue weighted by Crippen LogP contribution is 2.32. The first kappa shape index (κ1) is 17.6. The zero-order chi connectivity index (χ0) is 19.5. The summed E-state index contributed by atoms with van der Waals surface area (Å²) < 4.78 is 12.2. The van der Waals surface area contributed by atoms with Gasteiger partial charge in [0, 0.05) is 19.3 Å². The summed E-state index contributed by atoms with van der Waals surface area (Å²) in [6.45, 7) is 4.37. The number of benzene rings is 1. The first-order valence-corrected chi connectivity index (χ1v) is 8.70. The van der Waals surface area contributed by atoms with Crippen LogP contribution in [0.2, 0.25) is 0 Å². The maximum Gasteiger partial charge on any atom is 0.287 e. The highest BCUT2D eigenvalue weighted by molar-refractivity contribution is 6.02. The van der Waals surface area contributed by atoms with E-state index in [2.05, 4.69) is 22.2 Å². The van der Waals surface area contributed by atoms with Gasteiger partial charge in [-0.1, -0.05) is 18.2 Å². The van der Waals surface area contributed by atoms with Crippen molar-refractivity contribution in [3.8, 4) is 11.5 Å². The lowest BCUT2D eigenvalue weighted by Crippen LogP contribution is -2.26. The molecule has 2 amide bonds. The van der Waals surface area contributed by atoms with Gasteiger partial charge in [-0.15, -0.1) is 6.58 Å². The Balaban J connectivity index is 1.55. The second-order valence-corrected chi connectivity index (χ2v) is 6.11. The van der Waals surface area contributed by atoms with E-state index >= 15 is 0 Å². The van der Waals surface area contributed by atoms with Gasteiger partial charge in [-0.05, 0) is 29.8 Å². The number of rotatable bonds is 6. The zero-order valence-electron chi connectivity index (χ0n) is 15.0. The predicted molar refractivity (Wildman–Crippen MR) is 101 cm³/mol. The average Bonchev–Trinajstić information content (AvgIpc) is 3.34. The van der Waals surface area contributed by atoms with Crippen molar-refractivity contribution in [2.45, 2.75) is 6.54 Å². The summed E-state index contributed by atoms with van der Waals surface area (Å²) in [7, 11) is 0. The summed E-state index contributed by atoms with van der Waals surface area (Å²) in [6.07, 6.45) is 3.27. The minimum absolute atomic E-state index is 0.144. The molecule has 142 valence electrons. The van der Waals surface area contributed by atoms with Gasteiger partial charge in [-0.2, -0.15) is 0 Å². The summed E-state index contributed by atoms with van der Waals surface area (Å²) in [5, 5.41) is 5.51. The molecule has 2 N–H and O–H groups in total. The smallest absolute Gasteiger partial charge is 0.287 e. The monoisotopic (exact) mass is 378 g/mol. The van der Waals surface area contributed by atoms with Crippen LogP contribution in [0.25, 0.3) is 5.52 Å². The van der Waals surface area contributed by atoms with Gasteiger partial charge >= 0.3 is 0 Å². The van der Waals surface area contributed by atoms with Gasteiger partial charge < -0.3 is 20.1 Å². The third-order valence-electron chi connectivity index (χ3n) is 4.26. The number of nitrogens with zero attached hydrogens (tertiary/aromatic N) is 2. The Kier molecular flexibility index (Phi) is 4.67. The molecule has 0 atom stereocenters. The van der Waals surface area contributed by atoms with Crippen molar-refractivity contribution >= 4 is 17.3 Å². The Morgan fingerprint density at radius 2 is 2.00 bits per heavy atom. The minimum Gasteiger partial charge on any atom is -0.454 e. The normalized spacial score (nSPS) is 12.0. The molecular weight excluding hydrogens is 360 g/mol. The number of fused-ring (bicyclic) bond motifs is 2. The molecule has 3 heterocycles. The number of carbonyl (C=O) groups is 2. The van der Waals surface area contributed by atoms with Crippen LogP contribution in [0.4, 0.5) is 0 Å². The van der Waals surface area contributed by atoms with Gasteiger partial charge in [0.05, 0.1) is 5.52 Å². The van der Waals surface area contributed by atoms with E-state index in [1.54, 1.807) is 40.9 Å². The largest absolute Gasteiger partial charge is 0.454 e. The lowest BCUT2D eigenvalue weighted by Gasteiger charge is -2.05. The molecule has 0 saturated heterocycles. The average molecular weight is 378 g/mol. The summed E-state index contributed by atoms with van der Waals surface area (Å²) in [5.41, 5.74) is 1.60. The second-order valence-electron chi connectivity index (χ2n) is 6.11. The van der Waals surface area contributed by atoms with Crippen molar-refractivity contribution in [1.82, 2.24) is 20.0 Å². The van der Waals surface area contributed by atoms with Crippen LogP contribution >= 0.6 is 0 Å². The summed E-state index contributed by atoms with van der Waals surface area (Å²) in [6, 6.07) is 10.8. The first-order valence-electron chi connectivity index (χ1n) is 8.70. The molecule has 1 aliphatic rings. The Morgan fingerprint density at radius 1 is 1.14 bits per heavy atom. The third kappa shape index (κ3) is 3.27. The summed E-state index contributed by atoms with van der Waals surface area (Å²) in [4.78, 5) is 29.3. The quantitative estimate of drug-likeness (QED) is 0.639. The molecule has 8 nitrogen and oxygen atoms in total. The van der Waals surface area contributed by atoms with Crippen LogP contribution < -0.4 is 20.1 Å². The molecule has 0 bridgehead atoms. The molecule has 2 aromatic heterocycles. The molecule has 0 saturated carbocycles. The number of amides is 2. The third-order valence-corrected chi connectivity index (χ3v) is 4.26. The number of imidazole rings is 1. The molecule has 0 unspecified atom stereocenters. The van der Waals surface area contributed by atoms with Gasteiger partial charge in [0.2, 0.25) is 12.6 Å². The van der Waals surface area contributed by atoms with Gasteiger partial charge in [-0.25, -0.2) is 4.98 Å². The van der Waals surface area contributed by atoms with Crippen LogP contribution in [0.3, 0.4) is 0 Å². The van der Waals surface area contributed by atoms with E-state index in [4.69, 9.17) is 9.47 Å². The van der Waals surface area contributed by atoms with E-state index in [1.807, 2.05) is 12.1 Å². The van der Waals surface area contributed by atoms with Gasteiger partial charge in [0.25, 0.3) is 11.8 Å². The molecule has 0 radical (unpaired) electrons. The predicted octanol–water partition coefficient (Wildman–Crippen LogP) is 1.91. The maximum atomic E-state index is 12.7. The van der Waals surface area contributed by atoms with Crippen LogP contribution in [-0.4, -0.2) is 34.5 Å². The number of pyridine rings is 1. The Labute approximate surface area is 160 Å². The highest BCUT2D eigenvalue weighted by Gasteiger charge is 2.21. The molecule has 1 aliphatic heterocycles. The van der Waals surface area contributed by atoms with Crippen molar-refractivity contribution in [3.63, 3.8) is 0 Å². The molecule has 8 heteroatoms. The number of carbonyl (C=O) groups excluding carboxylic acids is 2. The summed E-state index contributed by atoms with van der Waals surface area (Å²) in [5.74, 6) is 0.733. The molecule has 0 fully saturated rings. The van der Waals surface area contributed by atoms with Crippen LogP contribution in [0.1, 0.15) is 26.7 Å². The standard InChI is InChI=1S/C20H18N4O4/c1-2-8-21-20(26)18-23-17(14-5-3-4-9-24(14)18)19(25)22-11-13-6-7-15-16(10-13)28-12-27-15/h2-7,9-10H,1,8,11-12H2,(H,21,26)(H,22,25). The second kappa shape index (κ2) is 7.43. The molecule has 3 aromatic rings. The van der Waals surface area contributed by atoms with E-state index in [0.29, 0.717) is 30.1 Å². The molecule has 1 aromatic carbocycles. The maximum absolute atomic E-state index is 12.7. The van der Waals surface area contributed by atoms with Crippen molar-refractivity contribution < 1.29 is 19.1 Å². The Morgan fingerprint density at radius 3 is 2.86 bits per heavy atom. The minimum atomic E-state index is -0.379. The fourth-order valence-electron chi connectivity index (χ4n) is 2.93. The van der Waals surface area contributed by atoms with Crippen LogP contribution in [-0.2, 0) is 6.54 Å². The lowest BCUT2D eigenvalue weighted by molar-refractivity contribution is 0.0946. The Bertz CT molecular complexity index is 1070. The first-order chi connectivity index (χ1) is 13.7. The zero-order valence-corrected chi connectivity index (χ0v) is 15.0. The van der Waals surface area contributed by atoms with Crippen molar-refractivity contribution in [3.05, 3.63) is 72.3 Å². The SMILES string of the molecule is C=CCNC(=O)c1nc(C(=O)NCc2ccc3c(c2)OCO3)c2ccccn12. The fourth-order valence-corrected chi connectivity index (χ4v) is 2.93. The van der Waals surface area contributed by atoms with Crippen LogP contribution in [0.5, 0.6) is 11.5 Å². The molecule has 0 spiro atoms. The van der Waals surface area contributed by atoms with Crippen LogP contribution in [0.15, 0.2) is 55.3 Å². The van der Waals surface area contributed by atoms with E-state index < -0.39 is 0 Å². The van der Waals surface area contributed by atoms with Crippen molar-refractivity contribution in [2.24, 2.45) is 0 Å². The number of aromatic nitrogens is 2. The lowest BCUT2D eigenvalue weighted by atomic mass is 10.2. The number of hydrogen-bond donors (Lipinski definition) is 2. The van der Waals surface area contributed by atoms with Crippen molar-refractivity contribution in [2.75, 3.05) is 13.3 Å². The van der Waals surface area contributed by atoms with E-state index in [0.717, 1.165) is 5.56 Å². The molecule has 28 heavy (non-hydrogen) atoms. The highest BCUT2D eigenvalue weighted by atomic mass is 16.7. The van der Waals surface area contributed by atoms with E-state index in [9.17, 15) is 9.59 Å². The van der Waals surface area contributed by atoms with E-state index in [1.165, 1.54) is 0 Å². The molecule has 0 aliphatic carbocycles. The van der Waals surface area contributed by atoms with Crippen LogP contribution in [0, 0.1) is 0 Å². The fraction of sp³-hybridized carbons (Fsp3) is 0.150. The Hall–Kier alpha value is -3.81. The van der Waals surface area contributed by atoms with E-state index in [-0.39, 0.29) is 30.1 Å². The number of ether oxygens (including phenoxy) is 2. The topological polar surface area (TPSA) is 94.0 Å². The van der Waals surface area contributed by atoms with Gasteiger partial charge in [0.15, 0.2) is 17.2 Å². The van der Waals surface area contributed by atoms with Crippen molar-refractivity contribution in [1.29, 1.82) is 0 Å². The summed E-state index contributed by atoms with van der Waals surface area (Å²) >= 11 is 0. The number of nitrogens with one attached hydrogen (secondary N) is 2.